The summed E-state index contributed by atoms with van der Waals surface area (Å²) >= 11 is 0. The van der Waals surface area contributed by atoms with E-state index in [1.165, 1.54) is 16.7 Å². The molecule has 0 spiro atoms. The summed E-state index contributed by atoms with van der Waals surface area (Å²) in [6, 6.07) is 8.53. The number of rotatable bonds is 5. The predicted molar refractivity (Wildman–Crippen MR) is 81.1 cm³/mol. The van der Waals surface area contributed by atoms with Gasteiger partial charge in [-0.1, -0.05) is 63.1 Å². The van der Waals surface area contributed by atoms with Crippen LogP contribution in [0.2, 0.25) is 0 Å². The number of ketones is 1. The maximum Gasteiger partial charge on any atom is 0.137 e. The zero-order chi connectivity index (χ0) is 13.8. The Hall–Kier alpha value is -1.37. The van der Waals surface area contributed by atoms with Crippen molar-refractivity contribution in [2.75, 3.05) is 0 Å². The van der Waals surface area contributed by atoms with Crippen molar-refractivity contribution in [1.82, 2.24) is 0 Å². The maximum absolute atomic E-state index is 12.1. The summed E-state index contributed by atoms with van der Waals surface area (Å²) < 4.78 is 0. The second-order valence-corrected chi connectivity index (χ2v) is 5.97. The molecule has 0 aromatic heterocycles. The van der Waals surface area contributed by atoms with Crippen LogP contribution in [0.15, 0.2) is 29.8 Å². The van der Waals surface area contributed by atoms with E-state index in [2.05, 4.69) is 51.1 Å². The molecule has 0 amide bonds. The first-order chi connectivity index (χ1) is 9.10. The minimum atomic E-state index is 0.396. The van der Waals surface area contributed by atoms with Crippen molar-refractivity contribution in [3.05, 3.63) is 41.0 Å². The summed E-state index contributed by atoms with van der Waals surface area (Å²) in [5.74, 6) is 1.45. The molecule has 0 saturated carbocycles. The molecule has 1 aromatic rings. The van der Waals surface area contributed by atoms with Gasteiger partial charge in [0.25, 0.3) is 0 Å². The van der Waals surface area contributed by atoms with Gasteiger partial charge in [-0.25, -0.2) is 0 Å². The maximum atomic E-state index is 12.1. The van der Waals surface area contributed by atoms with Crippen LogP contribution in [0.4, 0.5) is 0 Å². The van der Waals surface area contributed by atoms with Gasteiger partial charge in [0.15, 0.2) is 0 Å². The Morgan fingerprint density at radius 2 is 2.11 bits per heavy atom. The van der Waals surface area contributed by atoms with Gasteiger partial charge in [0, 0.05) is 12.8 Å². The van der Waals surface area contributed by atoms with Gasteiger partial charge in [0.05, 0.1) is 0 Å². The van der Waals surface area contributed by atoms with E-state index in [4.69, 9.17) is 0 Å². The number of allylic oxidation sites excluding steroid dienone is 1. The first-order valence-corrected chi connectivity index (χ1v) is 7.40. The van der Waals surface area contributed by atoms with Gasteiger partial charge in [0.2, 0.25) is 0 Å². The van der Waals surface area contributed by atoms with Crippen LogP contribution >= 0.6 is 0 Å². The quantitative estimate of drug-likeness (QED) is 0.726. The first-order valence-electron chi connectivity index (χ1n) is 7.40. The van der Waals surface area contributed by atoms with Gasteiger partial charge in [-0.15, -0.1) is 0 Å². The highest BCUT2D eigenvalue weighted by Crippen LogP contribution is 2.34. The molecule has 0 N–H and O–H groups in total. The summed E-state index contributed by atoms with van der Waals surface area (Å²) in [6.45, 7) is 6.56. The number of hydrogen-bond acceptors (Lipinski definition) is 1. The van der Waals surface area contributed by atoms with E-state index in [1.807, 2.05) is 0 Å². The van der Waals surface area contributed by atoms with E-state index in [9.17, 15) is 4.79 Å². The normalized spacial score (nSPS) is 19.5. The molecule has 2 unspecified atom stereocenters. The SMILES string of the molecule is CCC(C)CC(=O)CC1=Cc2ccccc2C(C)C1. The average Bonchev–Trinajstić information content (AvgIpc) is 2.38. The number of fused-ring (bicyclic) bond motifs is 1. The molecule has 1 aliphatic rings. The zero-order valence-corrected chi connectivity index (χ0v) is 12.3. The number of hydrogen-bond donors (Lipinski definition) is 0. The molecule has 1 heteroatoms. The highest BCUT2D eigenvalue weighted by Gasteiger charge is 2.19. The van der Waals surface area contributed by atoms with E-state index in [1.54, 1.807) is 0 Å². The summed E-state index contributed by atoms with van der Waals surface area (Å²) in [5, 5.41) is 0. The molecule has 1 nitrogen and oxygen atoms in total. The van der Waals surface area contributed by atoms with Crippen LogP contribution in [0.1, 0.15) is 63.5 Å². The van der Waals surface area contributed by atoms with Gasteiger partial charge in [-0.3, -0.25) is 4.79 Å². The molecule has 19 heavy (non-hydrogen) atoms. The van der Waals surface area contributed by atoms with Crippen LogP contribution in [-0.2, 0) is 4.79 Å². The van der Waals surface area contributed by atoms with Gasteiger partial charge >= 0.3 is 0 Å². The molecule has 102 valence electrons. The highest BCUT2D eigenvalue weighted by atomic mass is 16.1. The van der Waals surface area contributed by atoms with Crippen molar-refractivity contribution >= 4 is 11.9 Å². The molecule has 1 aliphatic carbocycles. The Kier molecular flexibility index (Phi) is 4.57. The molecular weight excluding hydrogens is 232 g/mol. The van der Waals surface area contributed by atoms with Crippen LogP contribution in [0.3, 0.4) is 0 Å². The van der Waals surface area contributed by atoms with E-state index < -0.39 is 0 Å². The van der Waals surface area contributed by atoms with Crippen LogP contribution in [0, 0.1) is 5.92 Å². The second kappa shape index (κ2) is 6.18. The lowest BCUT2D eigenvalue weighted by Gasteiger charge is -2.22. The van der Waals surface area contributed by atoms with Crippen LogP contribution in [0.5, 0.6) is 0 Å². The fourth-order valence-electron chi connectivity index (χ4n) is 2.85. The number of carbonyl (C=O) groups excluding carboxylic acids is 1. The number of carbonyl (C=O) groups is 1. The van der Waals surface area contributed by atoms with Crippen molar-refractivity contribution in [2.24, 2.45) is 5.92 Å². The smallest absolute Gasteiger partial charge is 0.137 e. The molecule has 2 rings (SSSR count). The van der Waals surface area contributed by atoms with E-state index in [-0.39, 0.29) is 0 Å². The minimum Gasteiger partial charge on any atom is -0.299 e. The van der Waals surface area contributed by atoms with Gasteiger partial charge < -0.3 is 0 Å². The van der Waals surface area contributed by atoms with Gasteiger partial charge in [-0.05, 0) is 29.4 Å². The lowest BCUT2D eigenvalue weighted by atomic mass is 9.82. The lowest BCUT2D eigenvalue weighted by Crippen LogP contribution is -2.10. The molecule has 0 fully saturated rings. The molecule has 2 atom stereocenters. The average molecular weight is 256 g/mol. The Labute approximate surface area is 116 Å². The van der Waals surface area contributed by atoms with Crippen molar-refractivity contribution in [1.29, 1.82) is 0 Å². The van der Waals surface area contributed by atoms with Crippen molar-refractivity contribution in [3.63, 3.8) is 0 Å². The second-order valence-electron chi connectivity index (χ2n) is 5.97. The Morgan fingerprint density at radius 1 is 1.37 bits per heavy atom. The third-order valence-electron chi connectivity index (χ3n) is 4.15. The number of Topliss-reactive ketones (excluding diaryl/α,β-unsaturated/α-hetero) is 1. The third-order valence-corrected chi connectivity index (χ3v) is 4.15. The number of benzene rings is 1. The Balaban J connectivity index is 2.07. The molecule has 0 aliphatic heterocycles. The topological polar surface area (TPSA) is 17.1 Å². The molecule has 0 bridgehead atoms. The standard InChI is InChI=1S/C18H24O/c1-4-13(2)9-17(19)12-15-10-14(3)18-8-6-5-7-16(18)11-15/h5-8,11,13-14H,4,9-10,12H2,1-3H3. The van der Waals surface area contributed by atoms with E-state index >= 15 is 0 Å². The molecule has 0 radical (unpaired) electrons. The Morgan fingerprint density at radius 3 is 2.84 bits per heavy atom. The molecule has 0 saturated heterocycles. The Bertz CT molecular complexity index is 484. The fourth-order valence-corrected chi connectivity index (χ4v) is 2.85. The first kappa shape index (κ1) is 14.0. The molecule has 1 aromatic carbocycles. The fraction of sp³-hybridized carbons (Fsp3) is 0.500. The summed E-state index contributed by atoms with van der Waals surface area (Å²) in [7, 11) is 0. The predicted octanol–water partition coefficient (Wildman–Crippen LogP) is 4.97. The van der Waals surface area contributed by atoms with Gasteiger partial charge in [-0.2, -0.15) is 0 Å². The van der Waals surface area contributed by atoms with Crippen LogP contribution < -0.4 is 0 Å². The summed E-state index contributed by atoms with van der Waals surface area (Å²) in [5.41, 5.74) is 4.02. The van der Waals surface area contributed by atoms with Crippen molar-refractivity contribution in [2.45, 2.75) is 52.4 Å². The highest BCUT2D eigenvalue weighted by molar-refractivity contribution is 5.83. The molecule has 0 heterocycles. The zero-order valence-electron chi connectivity index (χ0n) is 12.3. The van der Waals surface area contributed by atoms with Crippen molar-refractivity contribution < 1.29 is 4.79 Å². The summed E-state index contributed by atoms with van der Waals surface area (Å²) in [4.78, 5) is 12.1. The van der Waals surface area contributed by atoms with Crippen molar-refractivity contribution in [3.8, 4) is 0 Å². The lowest BCUT2D eigenvalue weighted by molar-refractivity contribution is -0.119. The minimum absolute atomic E-state index is 0.396. The van der Waals surface area contributed by atoms with Gasteiger partial charge in [0.1, 0.15) is 5.78 Å². The van der Waals surface area contributed by atoms with E-state index in [0.29, 0.717) is 24.0 Å². The monoisotopic (exact) mass is 256 g/mol. The van der Waals surface area contributed by atoms with Crippen LogP contribution in [0.25, 0.3) is 6.08 Å². The van der Waals surface area contributed by atoms with E-state index in [0.717, 1.165) is 19.3 Å². The summed E-state index contributed by atoms with van der Waals surface area (Å²) in [6.07, 6.45) is 5.71. The largest absolute Gasteiger partial charge is 0.299 e. The van der Waals surface area contributed by atoms with Crippen LogP contribution in [-0.4, -0.2) is 5.78 Å². The third kappa shape index (κ3) is 3.56. The molecular formula is C18H24O.